The Morgan fingerprint density at radius 3 is 2.40 bits per heavy atom. The molecule has 7 heteroatoms. The second-order valence-electron chi connectivity index (χ2n) is 5.61. The number of rotatable bonds is 5. The number of aromatic nitrogens is 3. The number of sulfonamides is 1. The Morgan fingerprint density at radius 1 is 1.04 bits per heavy atom. The summed E-state index contributed by atoms with van der Waals surface area (Å²) in [6, 6.07) is 11.0. The zero-order valence-corrected chi connectivity index (χ0v) is 14.7. The minimum atomic E-state index is -3.61. The standard InChI is InChI=1S/C18H18N4O2S/c1-14-3-5-16(6-4-14)9-12-25(23,24)21-17-7-8-18(20-13-17)22-11-10-19-15(22)2/h3-13,21H,1-2H3/b12-9+. The maximum Gasteiger partial charge on any atom is 0.255 e. The number of nitrogens with one attached hydrogen (secondary N) is 1. The molecule has 3 aromatic rings. The Bertz CT molecular complexity index is 988. The third-order valence-electron chi connectivity index (χ3n) is 3.60. The van der Waals surface area contributed by atoms with Crippen molar-refractivity contribution < 1.29 is 8.42 Å². The summed E-state index contributed by atoms with van der Waals surface area (Å²) >= 11 is 0. The lowest BCUT2D eigenvalue weighted by molar-refractivity contribution is 0.609. The van der Waals surface area contributed by atoms with E-state index < -0.39 is 10.0 Å². The molecule has 1 aromatic carbocycles. The van der Waals surface area contributed by atoms with Crippen LogP contribution in [0.5, 0.6) is 0 Å². The van der Waals surface area contributed by atoms with Gasteiger partial charge in [-0.1, -0.05) is 29.8 Å². The molecule has 0 fully saturated rings. The quantitative estimate of drug-likeness (QED) is 0.763. The Morgan fingerprint density at radius 2 is 1.80 bits per heavy atom. The molecule has 1 N–H and O–H groups in total. The number of pyridine rings is 1. The van der Waals surface area contributed by atoms with Gasteiger partial charge in [0.2, 0.25) is 0 Å². The maximum absolute atomic E-state index is 12.2. The molecule has 6 nitrogen and oxygen atoms in total. The molecular weight excluding hydrogens is 336 g/mol. The largest absolute Gasteiger partial charge is 0.288 e. The van der Waals surface area contributed by atoms with Crippen LogP contribution in [-0.2, 0) is 10.0 Å². The van der Waals surface area contributed by atoms with Crippen molar-refractivity contribution in [2.24, 2.45) is 0 Å². The number of anilines is 1. The number of benzene rings is 1. The molecule has 0 unspecified atom stereocenters. The molecular formula is C18H18N4O2S. The monoisotopic (exact) mass is 354 g/mol. The lowest BCUT2D eigenvalue weighted by Crippen LogP contribution is -2.09. The van der Waals surface area contributed by atoms with Crippen LogP contribution < -0.4 is 4.72 Å². The maximum atomic E-state index is 12.2. The predicted octanol–water partition coefficient (Wildman–Crippen LogP) is 3.30. The van der Waals surface area contributed by atoms with Crippen molar-refractivity contribution in [1.82, 2.24) is 14.5 Å². The van der Waals surface area contributed by atoms with Gasteiger partial charge < -0.3 is 0 Å². The normalized spacial score (nSPS) is 11.8. The molecule has 0 bridgehead atoms. The Hall–Kier alpha value is -2.93. The van der Waals surface area contributed by atoms with Gasteiger partial charge in [-0.3, -0.25) is 9.29 Å². The average Bonchev–Trinajstić information content (AvgIpc) is 3.01. The van der Waals surface area contributed by atoms with Gasteiger partial charge >= 0.3 is 0 Å². The van der Waals surface area contributed by atoms with Gasteiger partial charge in [-0.25, -0.2) is 18.4 Å². The summed E-state index contributed by atoms with van der Waals surface area (Å²) in [7, 11) is -3.61. The third kappa shape index (κ3) is 4.33. The minimum absolute atomic E-state index is 0.398. The average molecular weight is 354 g/mol. The van der Waals surface area contributed by atoms with E-state index in [1.165, 1.54) is 6.20 Å². The summed E-state index contributed by atoms with van der Waals surface area (Å²) in [5.41, 5.74) is 2.34. The van der Waals surface area contributed by atoms with Crippen molar-refractivity contribution in [3.05, 3.63) is 77.3 Å². The topological polar surface area (TPSA) is 76.9 Å². The summed E-state index contributed by atoms with van der Waals surface area (Å²) in [5, 5.41) is 1.14. The van der Waals surface area contributed by atoms with Crippen molar-refractivity contribution in [2.45, 2.75) is 13.8 Å². The van der Waals surface area contributed by atoms with Gasteiger partial charge in [0, 0.05) is 12.4 Å². The summed E-state index contributed by atoms with van der Waals surface area (Å²) < 4.78 is 28.6. The van der Waals surface area contributed by atoms with Crippen molar-refractivity contribution in [3.63, 3.8) is 0 Å². The molecule has 0 radical (unpaired) electrons. The summed E-state index contributed by atoms with van der Waals surface area (Å²) in [4.78, 5) is 8.40. The van der Waals surface area contributed by atoms with Gasteiger partial charge in [0.1, 0.15) is 11.6 Å². The fourth-order valence-corrected chi connectivity index (χ4v) is 3.11. The number of nitrogens with zero attached hydrogens (tertiary/aromatic N) is 3. The molecule has 0 saturated heterocycles. The molecule has 0 saturated carbocycles. The van der Waals surface area contributed by atoms with E-state index in [1.54, 1.807) is 30.6 Å². The summed E-state index contributed by atoms with van der Waals surface area (Å²) in [6.45, 7) is 3.85. The Balaban J connectivity index is 1.72. The van der Waals surface area contributed by atoms with Gasteiger partial charge in [0.15, 0.2) is 0 Å². The fraction of sp³-hybridized carbons (Fsp3) is 0.111. The van der Waals surface area contributed by atoms with Gasteiger partial charge in [-0.2, -0.15) is 0 Å². The zero-order valence-electron chi connectivity index (χ0n) is 13.9. The van der Waals surface area contributed by atoms with E-state index in [4.69, 9.17) is 0 Å². The second kappa shape index (κ2) is 6.90. The Labute approximate surface area is 146 Å². The highest BCUT2D eigenvalue weighted by Crippen LogP contribution is 2.14. The molecule has 0 aliphatic carbocycles. The highest BCUT2D eigenvalue weighted by atomic mass is 32.2. The van der Waals surface area contributed by atoms with Crippen molar-refractivity contribution in [1.29, 1.82) is 0 Å². The van der Waals surface area contributed by atoms with Crippen LogP contribution >= 0.6 is 0 Å². The van der Waals surface area contributed by atoms with Crippen LogP contribution in [0.1, 0.15) is 17.0 Å². The van der Waals surface area contributed by atoms with E-state index >= 15 is 0 Å². The fourth-order valence-electron chi connectivity index (χ4n) is 2.25. The highest BCUT2D eigenvalue weighted by molar-refractivity contribution is 7.95. The van der Waals surface area contributed by atoms with Crippen LogP contribution in [0.4, 0.5) is 5.69 Å². The molecule has 0 aliphatic heterocycles. The number of hydrogen-bond donors (Lipinski definition) is 1. The van der Waals surface area contributed by atoms with E-state index in [-0.39, 0.29) is 0 Å². The molecule has 0 aliphatic rings. The first-order valence-electron chi connectivity index (χ1n) is 7.67. The van der Waals surface area contributed by atoms with Crippen LogP contribution in [0.2, 0.25) is 0 Å². The van der Waals surface area contributed by atoms with Crippen LogP contribution in [0.15, 0.2) is 60.4 Å². The second-order valence-corrected chi connectivity index (χ2v) is 7.18. The van der Waals surface area contributed by atoms with Gasteiger partial charge in [0.05, 0.1) is 17.3 Å². The van der Waals surface area contributed by atoms with Crippen molar-refractivity contribution in [3.8, 4) is 5.82 Å². The lowest BCUT2D eigenvalue weighted by atomic mass is 10.2. The first-order chi connectivity index (χ1) is 11.9. The molecule has 0 spiro atoms. The van der Waals surface area contributed by atoms with Crippen LogP contribution in [0.3, 0.4) is 0 Å². The minimum Gasteiger partial charge on any atom is -0.288 e. The highest BCUT2D eigenvalue weighted by Gasteiger charge is 2.07. The number of imidazole rings is 1. The van der Waals surface area contributed by atoms with Gasteiger partial charge in [-0.15, -0.1) is 0 Å². The van der Waals surface area contributed by atoms with Crippen molar-refractivity contribution >= 4 is 21.8 Å². The lowest BCUT2D eigenvalue weighted by Gasteiger charge is -2.07. The smallest absolute Gasteiger partial charge is 0.255 e. The molecule has 0 amide bonds. The predicted molar refractivity (Wildman–Crippen MR) is 98.9 cm³/mol. The van der Waals surface area contributed by atoms with Gasteiger partial charge in [-0.05, 0) is 37.6 Å². The molecule has 128 valence electrons. The Kier molecular flexibility index (Phi) is 4.67. The molecule has 0 atom stereocenters. The molecule has 2 aromatic heterocycles. The van der Waals surface area contributed by atoms with E-state index in [9.17, 15) is 8.42 Å². The molecule has 2 heterocycles. The zero-order chi connectivity index (χ0) is 17.9. The van der Waals surface area contributed by atoms with Crippen LogP contribution in [0, 0.1) is 13.8 Å². The molecule has 25 heavy (non-hydrogen) atoms. The molecule has 3 rings (SSSR count). The van der Waals surface area contributed by atoms with E-state index in [0.717, 1.165) is 22.4 Å². The van der Waals surface area contributed by atoms with Crippen molar-refractivity contribution in [2.75, 3.05) is 4.72 Å². The summed E-state index contributed by atoms with van der Waals surface area (Å²) in [6.07, 6.45) is 6.51. The van der Waals surface area contributed by atoms with Crippen LogP contribution in [-0.4, -0.2) is 23.0 Å². The van der Waals surface area contributed by atoms with Gasteiger partial charge in [0.25, 0.3) is 10.0 Å². The first kappa shape index (κ1) is 16.9. The summed E-state index contributed by atoms with van der Waals surface area (Å²) in [5.74, 6) is 1.48. The van der Waals surface area contributed by atoms with E-state index in [0.29, 0.717) is 11.5 Å². The van der Waals surface area contributed by atoms with E-state index in [1.807, 2.05) is 42.7 Å². The SMILES string of the molecule is Cc1ccc(/C=C/S(=O)(=O)Nc2ccc(-n3ccnc3C)nc2)cc1. The first-order valence-corrected chi connectivity index (χ1v) is 9.21. The number of hydrogen-bond acceptors (Lipinski definition) is 4. The number of aryl methyl sites for hydroxylation is 2. The van der Waals surface area contributed by atoms with Crippen LogP contribution in [0.25, 0.3) is 11.9 Å². The van der Waals surface area contributed by atoms with E-state index in [2.05, 4.69) is 14.7 Å². The third-order valence-corrected chi connectivity index (χ3v) is 4.61.